The van der Waals surface area contributed by atoms with E-state index in [1.54, 1.807) is 12.1 Å². The second kappa shape index (κ2) is 4.96. The van der Waals surface area contributed by atoms with Crippen molar-refractivity contribution in [2.75, 3.05) is 11.9 Å². The highest BCUT2D eigenvalue weighted by Crippen LogP contribution is 2.36. The molecule has 5 rings (SSSR count). The van der Waals surface area contributed by atoms with Gasteiger partial charge in [-0.2, -0.15) is 5.10 Å². The smallest absolute Gasteiger partial charge is 0.156 e. The molecular formula is C19H14FN3O. The van der Waals surface area contributed by atoms with Crippen molar-refractivity contribution in [1.82, 2.24) is 9.78 Å². The van der Waals surface area contributed by atoms with Gasteiger partial charge in [-0.15, -0.1) is 0 Å². The van der Waals surface area contributed by atoms with Crippen LogP contribution in [0.15, 0.2) is 59.0 Å². The fourth-order valence-corrected chi connectivity index (χ4v) is 3.24. The van der Waals surface area contributed by atoms with Gasteiger partial charge in [0.05, 0.1) is 5.69 Å². The number of hydrogen-bond acceptors (Lipinski definition) is 3. The lowest BCUT2D eigenvalue weighted by atomic mass is 10.1. The molecule has 0 unspecified atom stereocenters. The number of nitrogens with one attached hydrogen (secondary N) is 1. The summed E-state index contributed by atoms with van der Waals surface area (Å²) < 4.78 is 21.0. The lowest BCUT2D eigenvalue weighted by Crippen LogP contribution is -2.04. The fraction of sp³-hybridized carbons (Fsp3) is 0.105. The molecular weight excluding hydrogens is 305 g/mol. The van der Waals surface area contributed by atoms with E-state index in [0.29, 0.717) is 0 Å². The summed E-state index contributed by atoms with van der Waals surface area (Å²) in [5, 5.41) is 9.16. The number of halogens is 1. The maximum atomic E-state index is 13.2. The van der Waals surface area contributed by atoms with E-state index in [9.17, 15) is 4.39 Å². The number of benzene rings is 2. The first-order valence-electron chi connectivity index (χ1n) is 7.90. The number of aromatic nitrogens is 2. The van der Waals surface area contributed by atoms with Crippen LogP contribution < -0.4 is 5.32 Å². The molecule has 0 saturated heterocycles. The Morgan fingerprint density at radius 1 is 1.08 bits per heavy atom. The Morgan fingerprint density at radius 3 is 2.75 bits per heavy atom. The summed E-state index contributed by atoms with van der Waals surface area (Å²) in [6.45, 7) is 0.863. The Morgan fingerprint density at radius 2 is 1.92 bits per heavy atom. The highest BCUT2D eigenvalue weighted by Gasteiger charge is 2.25. The second-order valence-corrected chi connectivity index (χ2v) is 5.89. The Balaban J connectivity index is 1.69. The van der Waals surface area contributed by atoms with Crippen LogP contribution >= 0.6 is 0 Å². The minimum atomic E-state index is -0.256. The number of rotatable bonds is 2. The minimum absolute atomic E-state index is 0.256. The van der Waals surface area contributed by atoms with E-state index in [4.69, 9.17) is 9.52 Å². The molecule has 4 aromatic rings. The predicted molar refractivity (Wildman–Crippen MR) is 90.9 cm³/mol. The SMILES string of the molecule is Fc1ccc(-n2nc(-c3cc4ccccc4o3)c3c2NCC3)cc1. The largest absolute Gasteiger partial charge is 0.454 e. The third-order valence-electron chi connectivity index (χ3n) is 4.38. The van der Waals surface area contributed by atoms with Crippen LogP contribution in [0, 0.1) is 5.82 Å². The Labute approximate surface area is 137 Å². The van der Waals surface area contributed by atoms with Crippen LogP contribution in [0.25, 0.3) is 28.1 Å². The van der Waals surface area contributed by atoms with Crippen LogP contribution in [0.1, 0.15) is 5.56 Å². The van der Waals surface area contributed by atoms with Crippen molar-refractivity contribution in [3.63, 3.8) is 0 Å². The van der Waals surface area contributed by atoms with Crippen molar-refractivity contribution >= 4 is 16.8 Å². The molecule has 4 nitrogen and oxygen atoms in total. The lowest BCUT2D eigenvalue weighted by Gasteiger charge is -2.05. The number of nitrogens with zero attached hydrogens (tertiary/aromatic N) is 2. The van der Waals surface area contributed by atoms with Gasteiger partial charge in [0.15, 0.2) is 5.76 Å². The molecule has 2 aromatic heterocycles. The molecule has 0 radical (unpaired) electrons. The van der Waals surface area contributed by atoms with Crippen LogP contribution in [0.5, 0.6) is 0 Å². The topological polar surface area (TPSA) is 43.0 Å². The van der Waals surface area contributed by atoms with Gasteiger partial charge in [0.1, 0.15) is 22.9 Å². The molecule has 0 saturated carbocycles. The van der Waals surface area contributed by atoms with Gasteiger partial charge < -0.3 is 9.73 Å². The van der Waals surface area contributed by atoms with Crippen LogP contribution in [0.4, 0.5) is 10.2 Å². The zero-order chi connectivity index (χ0) is 16.1. The van der Waals surface area contributed by atoms with Crippen molar-refractivity contribution in [2.24, 2.45) is 0 Å². The standard InChI is InChI=1S/C19H14FN3O/c20-13-5-7-14(8-6-13)23-19-15(9-10-21-19)18(22-23)17-11-12-3-1-2-4-16(12)24-17/h1-8,11,21H,9-10H2. The van der Waals surface area contributed by atoms with Gasteiger partial charge in [0.25, 0.3) is 0 Å². The van der Waals surface area contributed by atoms with E-state index in [1.165, 1.54) is 12.1 Å². The molecule has 24 heavy (non-hydrogen) atoms. The van der Waals surface area contributed by atoms with Gasteiger partial charge in [-0.25, -0.2) is 9.07 Å². The first kappa shape index (κ1) is 13.4. The third-order valence-corrected chi connectivity index (χ3v) is 4.38. The van der Waals surface area contributed by atoms with Crippen molar-refractivity contribution in [3.05, 3.63) is 66.0 Å². The first-order chi connectivity index (χ1) is 11.8. The normalized spacial score (nSPS) is 13.2. The van der Waals surface area contributed by atoms with E-state index < -0.39 is 0 Å². The summed E-state index contributed by atoms with van der Waals surface area (Å²) in [6, 6.07) is 16.3. The van der Waals surface area contributed by atoms with Crippen molar-refractivity contribution in [2.45, 2.75) is 6.42 Å². The summed E-state index contributed by atoms with van der Waals surface area (Å²) in [5.74, 6) is 1.46. The van der Waals surface area contributed by atoms with E-state index in [-0.39, 0.29) is 5.82 Å². The Bertz CT molecular complexity index is 1010. The quantitative estimate of drug-likeness (QED) is 0.596. The second-order valence-electron chi connectivity index (χ2n) is 5.89. The molecule has 1 aliphatic rings. The molecule has 2 aromatic carbocycles. The number of para-hydroxylation sites is 1. The summed E-state index contributed by atoms with van der Waals surface area (Å²) in [6.07, 6.45) is 0.892. The van der Waals surface area contributed by atoms with Gasteiger partial charge in [-0.05, 0) is 42.8 Å². The highest BCUT2D eigenvalue weighted by atomic mass is 19.1. The molecule has 1 N–H and O–H groups in total. The van der Waals surface area contributed by atoms with Crippen LogP contribution in [-0.4, -0.2) is 16.3 Å². The summed E-state index contributed by atoms with van der Waals surface area (Å²) in [4.78, 5) is 0. The van der Waals surface area contributed by atoms with E-state index in [2.05, 4.69) is 5.32 Å². The number of anilines is 1. The average Bonchev–Trinajstić information content (AvgIpc) is 3.29. The third kappa shape index (κ3) is 1.94. The Kier molecular flexibility index (Phi) is 2.76. The molecule has 3 heterocycles. The predicted octanol–water partition coefficient (Wildman–Crippen LogP) is 4.39. The fourth-order valence-electron chi connectivity index (χ4n) is 3.24. The zero-order valence-electron chi connectivity index (χ0n) is 12.8. The molecule has 0 atom stereocenters. The average molecular weight is 319 g/mol. The molecule has 1 aliphatic heterocycles. The maximum Gasteiger partial charge on any atom is 0.156 e. The summed E-state index contributed by atoms with van der Waals surface area (Å²) >= 11 is 0. The van der Waals surface area contributed by atoms with E-state index in [0.717, 1.165) is 52.5 Å². The van der Waals surface area contributed by atoms with Gasteiger partial charge >= 0.3 is 0 Å². The van der Waals surface area contributed by atoms with Crippen molar-refractivity contribution in [3.8, 4) is 17.1 Å². The lowest BCUT2D eigenvalue weighted by molar-refractivity contribution is 0.624. The van der Waals surface area contributed by atoms with E-state index >= 15 is 0 Å². The molecule has 0 spiro atoms. The first-order valence-corrected chi connectivity index (χ1v) is 7.90. The van der Waals surface area contributed by atoms with Gasteiger partial charge in [0.2, 0.25) is 0 Å². The van der Waals surface area contributed by atoms with Crippen molar-refractivity contribution in [1.29, 1.82) is 0 Å². The Hall–Kier alpha value is -3.08. The highest BCUT2D eigenvalue weighted by molar-refractivity contribution is 5.83. The summed E-state index contributed by atoms with van der Waals surface area (Å²) in [7, 11) is 0. The molecule has 0 amide bonds. The van der Waals surface area contributed by atoms with E-state index in [1.807, 2.05) is 35.0 Å². The van der Waals surface area contributed by atoms with Crippen molar-refractivity contribution < 1.29 is 8.81 Å². The van der Waals surface area contributed by atoms with Crippen LogP contribution in [-0.2, 0) is 6.42 Å². The molecule has 0 bridgehead atoms. The van der Waals surface area contributed by atoms with Gasteiger partial charge in [-0.1, -0.05) is 18.2 Å². The molecule has 118 valence electrons. The van der Waals surface area contributed by atoms with Crippen LogP contribution in [0.3, 0.4) is 0 Å². The monoisotopic (exact) mass is 319 g/mol. The molecule has 5 heteroatoms. The number of furan rings is 1. The minimum Gasteiger partial charge on any atom is -0.454 e. The number of fused-ring (bicyclic) bond motifs is 2. The summed E-state index contributed by atoms with van der Waals surface area (Å²) in [5.41, 5.74) is 3.65. The van der Waals surface area contributed by atoms with Gasteiger partial charge in [-0.3, -0.25) is 0 Å². The molecule has 0 fully saturated rings. The maximum absolute atomic E-state index is 13.2. The number of hydrogen-bond donors (Lipinski definition) is 1. The zero-order valence-corrected chi connectivity index (χ0v) is 12.8. The van der Waals surface area contributed by atoms with Crippen LogP contribution in [0.2, 0.25) is 0 Å². The van der Waals surface area contributed by atoms with Gasteiger partial charge in [0, 0.05) is 17.5 Å². The molecule has 0 aliphatic carbocycles.